The maximum atomic E-state index is 13.5. The summed E-state index contributed by atoms with van der Waals surface area (Å²) in [6.45, 7) is 11.7. The molecule has 0 radical (unpaired) electrons. The molecule has 24 heavy (non-hydrogen) atoms. The van der Waals surface area contributed by atoms with Gasteiger partial charge >= 0.3 is 0 Å². The predicted molar refractivity (Wildman–Crippen MR) is 93.2 cm³/mol. The Hall–Kier alpha value is -1.46. The molecule has 0 aliphatic carbocycles. The van der Waals surface area contributed by atoms with E-state index in [1.54, 1.807) is 19.1 Å². The molecule has 4 nitrogen and oxygen atoms in total. The molecule has 132 valence electrons. The molecule has 3 atom stereocenters. The molecular weight excluding hydrogens is 305 g/mol. The minimum atomic E-state index is -0.163. The smallest absolute Gasteiger partial charge is 0.219 e. The van der Waals surface area contributed by atoms with Crippen molar-refractivity contribution in [1.82, 2.24) is 14.7 Å². The normalized spacial score (nSPS) is 27.4. The van der Waals surface area contributed by atoms with E-state index < -0.39 is 0 Å². The Balaban J connectivity index is 1.61. The Morgan fingerprint density at radius 1 is 1.21 bits per heavy atom. The number of rotatable bonds is 3. The van der Waals surface area contributed by atoms with Gasteiger partial charge in [0.25, 0.3) is 0 Å². The summed E-state index contributed by atoms with van der Waals surface area (Å²) in [7, 11) is 0. The first-order valence-electron chi connectivity index (χ1n) is 8.95. The molecule has 2 fully saturated rings. The van der Waals surface area contributed by atoms with Crippen molar-refractivity contribution >= 4 is 5.91 Å². The van der Waals surface area contributed by atoms with Crippen LogP contribution < -0.4 is 0 Å². The van der Waals surface area contributed by atoms with Gasteiger partial charge in [-0.1, -0.05) is 19.1 Å². The van der Waals surface area contributed by atoms with Crippen molar-refractivity contribution in [3.05, 3.63) is 35.6 Å². The minimum absolute atomic E-state index is 0.163. The number of nitrogens with zero attached hydrogens (tertiary/aromatic N) is 3. The topological polar surface area (TPSA) is 26.8 Å². The van der Waals surface area contributed by atoms with Gasteiger partial charge in [-0.05, 0) is 30.5 Å². The molecule has 2 heterocycles. The molecule has 1 aromatic rings. The molecule has 5 heteroatoms. The number of likely N-dealkylation sites (tertiary alicyclic amines) is 1. The van der Waals surface area contributed by atoms with E-state index >= 15 is 0 Å². The van der Waals surface area contributed by atoms with Crippen molar-refractivity contribution in [2.75, 3.05) is 39.3 Å². The van der Waals surface area contributed by atoms with E-state index in [0.717, 1.165) is 44.8 Å². The highest BCUT2D eigenvalue weighted by Gasteiger charge is 2.37. The molecule has 0 unspecified atom stereocenters. The minimum Gasteiger partial charge on any atom is -0.340 e. The summed E-state index contributed by atoms with van der Waals surface area (Å²) in [6.07, 6.45) is 0. The maximum absolute atomic E-state index is 13.5. The summed E-state index contributed by atoms with van der Waals surface area (Å²) in [5.41, 5.74) is 1.05. The van der Waals surface area contributed by atoms with Gasteiger partial charge in [0.05, 0.1) is 0 Å². The van der Waals surface area contributed by atoms with Gasteiger partial charge in [-0.15, -0.1) is 0 Å². The lowest BCUT2D eigenvalue weighted by atomic mass is 10.0. The number of hydrogen-bond acceptors (Lipinski definition) is 3. The SMILES string of the molecule is CC(=O)N1CCN([C@@H]2CN([C@H](C)c3cccc(F)c3)C[C@H]2C)CC1. The number of carbonyl (C=O) groups excluding carboxylic acids is 1. The van der Waals surface area contributed by atoms with Gasteiger partial charge < -0.3 is 4.90 Å². The van der Waals surface area contributed by atoms with Crippen LogP contribution in [0, 0.1) is 11.7 Å². The second-order valence-electron chi connectivity index (χ2n) is 7.27. The zero-order valence-corrected chi connectivity index (χ0v) is 14.9. The molecule has 2 aliphatic heterocycles. The first-order chi connectivity index (χ1) is 11.5. The van der Waals surface area contributed by atoms with Crippen molar-refractivity contribution in [2.45, 2.75) is 32.9 Å². The van der Waals surface area contributed by atoms with Crippen LogP contribution in [0.4, 0.5) is 4.39 Å². The number of halogens is 1. The second-order valence-corrected chi connectivity index (χ2v) is 7.27. The lowest BCUT2D eigenvalue weighted by Gasteiger charge is -2.39. The van der Waals surface area contributed by atoms with E-state index in [2.05, 4.69) is 23.6 Å². The summed E-state index contributed by atoms with van der Waals surface area (Å²) >= 11 is 0. The number of piperazine rings is 1. The fourth-order valence-electron chi connectivity index (χ4n) is 4.12. The molecule has 2 aliphatic rings. The lowest BCUT2D eigenvalue weighted by Crippen LogP contribution is -2.53. The van der Waals surface area contributed by atoms with E-state index in [1.807, 2.05) is 11.0 Å². The first kappa shape index (κ1) is 17.4. The van der Waals surface area contributed by atoms with Crippen LogP contribution in [0.1, 0.15) is 32.4 Å². The third-order valence-corrected chi connectivity index (χ3v) is 5.71. The van der Waals surface area contributed by atoms with E-state index in [0.29, 0.717) is 12.0 Å². The Bertz CT molecular complexity index is 586. The van der Waals surface area contributed by atoms with E-state index in [4.69, 9.17) is 0 Å². The summed E-state index contributed by atoms with van der Waals surface area (Å²) < 4.78 is 13.5. The molecule has 0 bridgehead atoms. The van der Waals surface area contributed by atoms with Crippen molar-refractivity contribution in [1.29, 1.82) is 0 Å². The van der Waals surface area contributed by atoms with Gasteiger partial charge in [-0.2, -0.15) is 0 Å². The molecule has 0 N–H and O–H groups in total. The molecule has 1 aromatic carbocycles. The summed E-state index contributed by atoms with van der Waals surface area (Å²) in [4.78, 5) is 18.4. The predicted octanol–water partition coefficient (Wildman–Crippen LogP) is 2.37. The lowest BCUT2D eigenvalue weighted by molar-refractivity contribution is -0.130. The van der Waals surface area contributed by atoms with Gasteiger partial charge in [0.1, 0.15) is 5.82 Å². The van der Waals surface area contributed by atoms with Crippen molar-refractivity contribution < 1.29 is 9.18 Å². The monoisotopic (exact) mass is 333 g/mol. The third kappa shape index (κ3) is 3.62. The number of amides is 1. The molecular formula is C19H28FN3O. The maximum Gasteiger partial charge on any atom is 0.219 e. The summed E-state index contributed by atoms with van der Waals surface area (Å²) in [6, 6.07) is 7.70. The van der Waals surface area contributed by atoms with Crippen molar-refractivity contribution in [2.24, 2.45) is 5.92 Å². The molecule has 0 aromatic heterocycles. The Morgan fingerprint density at radius 2 is 1.92 bits per heavy atom. The Labute approximate surface area is 144 Å². The van der Waals surface area contributed by atoms with Gasteiger partial charge in [0.15, 0.2) is 0 Å². The van der Waals surface area contributed by atoms with Gasteiger partial charge in [0, 0.05) is 58.3 Å². The number of carbonyl (C=O) groups is 1. The summed E-state index contributed by atoms with van der Waals surface area (Å²) in [5.74, 6) is 0.601. The quantitative estimate of drug-likeness (QED) is 0.850. The third-order valence-electron chi connectivity index (χ3n) is 5.71. The van der Waals surface area contributed by atoms with Crippen LogP contribution in [0.3, 0.4) is 0 Å². The molecule has 1 amide bonds. The average Bonchev–Trinajstić information content (AvgIpc) is 2.96. The standard InChI is InChI=1S/C19H28FN3O/c1-14-12-23(15(2)17-5-4-6-18(20)11-17)13-19(14)22-9-7-21(8-10-22)16(3)24/h4-6,11,14-15,19H,7-10,12-13H2,1-3H3/t14-,15-,19-/m1/s1. The van der Waals surface area contributed by atoms with Crippen LogP contribution in [-0.4, -0.2) is 65.9 Å². The summed E-state index contributed by atoms with van der Waals surface area (Å²) in [5, 5.41) is 0. The van der Waals surface area contributed by atoms with Crippen LogP contribution in [0.5, 0.6) is 0 Å². The average molecular weight is 333 g/mol. The Morgan fingerprint density at radius 3 is 2.54 bits per heavy atom. The van der Waals surface area contributed by atoms with Crippen molar-refractivity contribution in [3.8, 4) is 0 Å². The van der Waals surface area contributed by atoms with Gasteiger partial charge in [-0.3, -0.25) is 14.6 Å². The van der Waals surface area contributed by atoms with Crippen LogP contribution in [-0.2, 0) is 4.79 Å². The zero-order chi connectivity index (χ0) is 17.3. The van der Waals surface area contributed by atoms with E-state index in [9.17, 15) is 9.18 Å². The molecule has 0 spiro atoms. The van der Waals surface area contributed by atoms with Crippen LogP contribution in [0.15, 0.2) is 24.3 Å². The van der Waals surface area contributed by atoms with E-state index in [-0.39, 0.29) is 17.8 Å². The highest BCUT2D eigenvalue weighted by Crippen LogP contribution is 2.30. The van der Waals surface area contributed by atoms with Gasteiger partial charge in [0.2, 0.25) is 5.91 Å². The highest BCUT2D eigenvalue weighted by atomic mass is 19.1. The Kier molecular flexibility index (Phi) is 5.21. The molecule has 2 saturated heterocycles. The second kappa shape index (κ2) is 7.19. The fraction of sp³-hybridized carbons (Fsp3) is 0.632. The van der Waals surface area contributed by atoms with Crippen molar-refractivity contribution in [3.63, 3.8) is 0 Å². The largest absolute Gasteiger partial charge is 0.340 e. The number of benzene rings is 1. The van der Waals surface area contributed by atoms with E-state index in [1.165, 1.54) is 6.07 Å². The number of hydrogen-bond donors (Lipinski definition) is 0. The molecule has 0 saturated carbocycles. The zero-order valence-electron chi connectivity index (χ0n) is 14.9. The van der Waals surface area contributed by atoms with Crippen LogP contribution >= 0.6 is 0 Å². The van der Waals surface area contributed by atoms with Gasteiger partial charge in [-0.25, -0.2) is 4.39 Å². The molecule has 3 rings (SSSR count). The highest BCUT2D eigenvalue weighted by molar-refractivity contribution is 5.73. The van der Waals surface area contributed by atoms with Crippen LogP contribution in [0.25, 0.3) is 0 Å². The first-order valence-corrected chi connectivity index (χ1v) is 8.95. The van der Waals surface area contributed by atoms with Crippen LogP contribution in [0.2, 0.25) is 0 Å². The fourth-order valence-corrected chi connectivity index (χ4v) is 4.12.